The van der Waals surface area contributed by atoms with Crippen LogP contribution in [0.2, 0.25) is 0 Å². The van der Waals surface area contributed by atoms with Crippen LogP contribution in [-0.4, -0.2) is 39.0 Å². The number of hydrogen-bond donors (Lipinski definition) is 0. The highest BCUT2D eigenvalue weighted by molar-refractivity contribution is 6.30. The van der Waals surface area contributed by atoms with Gasteiger partial charge < -0.3 is 14.2 Å². The number of carbonyl (C=O) groups excluding carboxylic acids is 2. The summed E-state index contributed by atoms with van der Waals surface area (Å²) < 4.78 is 15.8. The molecule has 3 amide bonds. The average molecular weight is 328 g/mol. The number of fused-ring (bicyclic) bond motifs is 1. The zero-order valence-electron chi connectivity index (χ0n) is 13.5. The number of urea groups is 1. The molecule has 0 radical (unpaired) electrons. The lowest BCUT2D eigenvalue weighted by Gasteiger charge is -2.29. The SMILES string of the molecule is COc1cc(N2C(=O)N=C3C=CC=CC3C2=O)cc(OC)c1OC. The Balaban J connectivity index is 2.10. The minimum atomic E-state index is -0.652. The van der Waals surface area contributed by atoms with Crippen molar-refractivity contribution >= 4 is 23.3 Å². The van der Waals surface area contributed by atoms with Crippen molar-refractivity contribution < 1.29 is 23.8 Å². The molecule has 24 heavy (non-hydrogen) atoms. The molecule has 0 saturated heterocycles. The highest BCUT2D eigenvalue weighted by Gasteiger charge is 2.37. The largest absolute Gasteiger partial charge is 0.493 e. The molecule has 0 spiro atoms. The lowest BCUT2D eigenvalue weighted by Crippen LogP contribution is -2.46. The fourth-order valence-electron chi connectivity index (χ4n) is 2.68. The first kappa shape index (κ1) is 15.8. The van der Waals surface area contributed by atoms with Crippen LogP contribution in [0.25, 0.3) is 0 Å². The minimum Gasteiger partial charge on any atom is -0.493 e. The standard InChI is InChI=1S/C17H16N2O5/c1-22-13-8-10(9-14(23-2)15(13)24-3)19-16(20)11-6-4-5-7-12(11)18-17(19)21/h4-9,11H,1-3H3. The average Bonchev–Trinajstić information content (AvgIpc) is 2.60. The molecule has 3 rings (SSSR count). The predicted molar refractivity (Wildman–Crippen MR) is 88.2 cm³/mol. The van der Waals surface area contributed by atoms with Crippen LogP contribution in [0.4, 0.5) is 10.5 Å². The number of amides is 3. The van der Waals surface area contributed by atoms with Crippen LogP contribution in [0.1, 0.15) is 0 Å². The maximum absolute atomic E-state index is 12.8. The molecule has 1 aliphatic carbocycles. The van der Waals surface area contributed by atoms with Crippen LogP contribution in [0.3, 0.4) is 0 Å². The number of allylic oxidation sites excluding steroid dienone is 3. The van der Waals surface area contributed by atoms with Gasteiger partial charge in [-0.1, -0.05) is 18.2 Å². The quantitative estimate of drug-likeness (QED) is 0.848. The summed E-state index contributed by atoms with van der Waals surface area (Å²) in [5, 5.41) is 0. The van der Waals surface area contributed by atoms with Gasteiger partial charge >= 0.3 is 6.03 Å². The Labute approximate surface area is 138 Å². The number of anilines is 1. The van der Waals surface area contributed by atoms with Crippen LogP contribution in [0.15, 0.2) is 41.4 Å². The van der Waals surface area contributed by atoms with Crippen molar-refractivity contribution in [3.05, 3.63) is 36.4 Å². The second kappa shape index (κ2) is 6.19. The molecule has 1 atom stereocenters. The number of nitrogens with zero attached hydrogens (tertiary/aromatic N) is 2. The van der Waals surface area contributed by atoms with Crippen molar-refractivity contribution in [1.29, 1.82) is 0 Å². The van der Waals surface area contributed by atoms with E-state index >= 15 is 0 Å². The van der Waals surface area contributed by atoms with Gasteiger partial charge in [-0.15, -0.1) is 0 Å². The van der Waals surface area contributed by atoms with Crippen LogP contribution in [0, 0.1) is 5.92 Å². The molecule has 1 aliphatic heterocycles. The molecule has 0 aromatic heterocycles. The summed E-state index contributed by atoms with van der Waals surface area (Å²) in [4.78, 5) is 30.1. The Morgan fingerprint density at radius 3 is 2.25 bits per heavy atom. The van der Waals surface area contributed by atoms with Gasteiger partial charge in [0.05, 0.1) is 38.6 Å². The first-order valence-corrected chi connectivity index (χ1v) is 7.22. The van der Waals surface area contributed by atoms with Crippen LogP contribution in [0.5, 0.6) is 17.2 Å². The van der Waals surface area contributed by atoms with Gasteiger partial charge in [0, 0.05) is 12.1 Å². The van der Waals surface area contributed by atoms with Crippen LogP contribution >= 0.6 is 0 Å². The Bertz CT molecular complexity index is 769. The van der Waals surface area contributed by atoms with Gasteiger partial charge in [0.1, 0.15) is 0 Å². The van der Waals surface area contributed by atoms with Crippen molar-refractivity contribution in [2.75, 3.05) is 26.2 Å². The van der Waals surface area contributed by atoms with E-state index in [2.05, 4.69) is 4.99 Å². The number of ether oxygens (including phenoxy) is 3. The highest BCUT2D eigenvalue weighted by Crippen LogP contribution is 2.42. The smallest absolute Gasteiger partial charge is 0.355 e. The number of imide groups is 1. The van der Waals surface area contributed by atoms with Gasteiger partial charge in [-0.25, -0.2) is 9.69 Å². The Kier molecular flexibility index (Phi) is 4.07. The predicted octanol–water partition coefficient (Wildman–Crippen LogP) is 2.36. The van der Waals surface area contributed by atoms with E-state index in [1.807, 2.05) is 0 Å². The Morgan fingerprint density at radius 2 is 1.67 bits per heavy atom. The zero-order valence-corrected chi connectivity index (χ0v) is 13.5. The van der Waals surface area contributed by atoms with Gasteiger partial charge in [-0.2, -0.15) is 4.99 Å². The number of carbonyl (C=O) groups is 2. The van der Waals surface area contributed by atoms with Gasteiger partial charge in [0.25, 0.3) is 0 Å². The van der Waals surface area contributed by atoms with Gasteiger partial charge in [-0.3, -0.25) is 4.79 Å². The first-order valence-electron chi connectivity index (χ1n) is 7.22. The number of benzene rings is 1. The van der Waals surface area contributed by atoms with Crippen molar-refractivity contribution in [3.63, 3.8) is 0 Å². The van der Waals surface area contributed by atoms with E-state index in [0.717, 1.165) is 4.90 Å². The van der Waals surface area contributed by atoms with E-state index in [4.69, 9.17) is 14.2 Å². The van der Waals surface area contributed by atoms with E-state index in [9.17, 15) is 9.59 Å². The molecule has 1 aromatic carbocycles. The summed E-state index contributed by atoms with van der Waals surface area (Å²) in [6.45, 7) is 0. The second-order valence-corrected chi connectivity index (χ2v) is 5.10. The van der Waals surface area contributed by atoms with E-state index < -0.39 is 11.9 Å². The fraction of sp³-hybridized carbons (Fsp3) is 0.235. The molecule has 1 unspecified atom stereocenters. The summed E-state index contributed by atoms with van der Waals surface area (Å²) in [5.41, 5.74) is 0.751. The molecule has 1 aromatic rings. The molecule has 0 saturated carbocycles. The maximum atomic E-state index is 12.8. The van der Waals surface area contributed by atoms with Crippen molar-refractivity contribution in [3.8, 4) is 17.2 Å². The summed E-state index contributed by atoms with van der Waals surface area (Å²) in [6, 6.07) is 2.43. The lowest BCUT2D eigenvalue weighted by molar-refractivity contribution is -0.118. The molecule has 7 heteroatoms. The number of hydrogen-bond acceptors (Lipinski definition) is 5. The summed E-state index contributed by atoms with van der Waals surface area (Å²) in [5.74, 6) is 0.125. The van der Waals surface area contributed by atoms with Crippen LogP contribution < -0.4 is 19.1 Å². The molecule has 0 bridgehead atoms. The summed E-state index contributed by atoms with van der Waals surface area (Å²) in [6.07, 6.45) is 6.86. The first-order chi connectivity index (χ1) is 11.6. The summed E-state index contributed by atoms with van der Waals surface area (Å²) >= 11 is 0. The molecule has 124 valence electrons. The third-order valence-corrected chi connectivity index (χ3v) is 3.81. The van der Waals surface area contributed by atoms with Crippen molar-refractivity contribution in [1.82, 2.24) is 0 Å². The van der Waals surface area contributed by atoms with Crippen molar-refractivity contribution in [2.45, 2.75) is 0 Å². The Hall–Kier alpha value is -3.09. The third kappa shape index (κ3) is 2.44. The second-order valence-electron chi connectivity index (χ2n) is 5.10. The Morgan fingerprint density at radius 1 is 1.00 bits per heavy atom. The maximum Gasteiger partial charge on any atom is 0.355 e. The van der Waals surface area contributed by atoms with E-state index in [1.54, 1.807) is 36.4 Å². The van der Waals surface area contributed by atoms with Gasteiger partial charge in [0.15, 0.2) is 11.5 Å². The minimum absolute atomic E-state index is 0.310. The fourth-order valence-corrected chi connectivity index (χ4v) is 2.68. The van der Waals surface area contributed by atoms with E-state index in [0.29, 0.717) is 28.6 Å². The topological polar surface area (TPSA) is 77.4 Å². The molecule has 7 nitrogen and oxygen atoms in total. The van der Waals surface area contributed by atoms with E-state index in [-0.39, 0.29) is 5.91 Å². The normalized spacial score (nSPS) is 19.0. The third-order valence-electron chi connectivity index (χ3n) is 3.81. The molecule has 2 aliphatic rings. The molecule has 0 fully saturated rings. The van der Waals surface area contributed by atoms with Gasteiger partial charge in [-0.05, 0) is 6.08 Å². The summed E-state index contributed by atoms with van der Waals surface area (Å²) in [7, 11) is 4.41. The molecular formula is C17H16N2O5. The molecular weight excluding hydrogens is 312 g/mol. The monoisotopic (exact) mass is 328 g/mol. The number of rotatable bonds is 4. The number of aliphatic imine (C=N–C) groups is 1. The van der Waals surface area contributed by atoms with Gasteiger partial charge in [0.2, 0.25) is 11.7 Å². The van der Waals surface area contributed by atoms with Crippen molar-refractivity contribution in [2.24, 2.45) is 10.9 Å². The number of methoxy groups -OCH3 is 3. The van der Waals surface area contributed by atoms with E-state index in [1.165, 1.54) is 21.3 Å². The highest BCUT2D eigenvalue weighted by atomic mass is 16.5. The van der Waals surface area contributed by atoms with Crippen LogP contribution in [-0.2, 0) is 4.79 Å². The zero-order chi connectivity index (χ0) is 17.3. The lowest BCUT2D eigenvalue weighted by atomic mass is 9.95. The molecule has 1 heterocycles. The molecule has 0 N–H and O–H groups in total.